The molecule has 3 rings (SSSR count). The van der Waals surface area contributed by atoms with E-state index in [0.717, 1.165) is 12.0 Å². The maximum Gasteiger partial charge on any atom is 0.223 e. The summed E-state index contributed by atoms with van der Waals surface area (Å²) in [4.78, 5) is 14.1. The van der Waals surface area contributed by atoms with E-state index in [1.165, 1.54) is 12.8 Å². The highest BCUT2D eigenvalue weighted by Gasteiger charge is 2.45. The first kappa shape index (κ1) is 11.7. The molecule has 18 heavy (non-hydrogen) atoms. The van der Waals surface area contributed by atoms with Crippen molar-refractivity contribution in [1.82, 2.24) is 4.90 Å². The molecule has 1 aliphatic heterocycles. The molecule has 1 N–H and O–H groups in total. The van der Waals surface area contributed by atoms with Gasteiger partial charge >= 0.3 is 0 Å². The summed E-state index contributed by atoms with van der Waals surface area (Å²) in [6.07, 6.45) is 4.15. The number of hydrogen-bond donors (Lipinski definition) is 1. The summed E-state index contributed by atoms with van der Waals surface area (Å²) in [6.45, 7) is 0.0129. The third kappa shape index (κ3) is 1.83. The number of carbonyl (C=O) groups excluding carboxylic acids is 1. The lowest BCUT2D eigenvalue weighted by molar-refractivity contribution is -0.132. The Morgan fingerprint density at radius 1 is 1.28 bits per heavy atom. The van der Waals surface area contributed by atoms with Crippen molar-refractivity contribution < 1.29 is 9.90 Å². The highest BCUT2D eigenvalue weighted by molar-refractivity contribution is 5.80. The minimum absolute atomic E-state index is 0.0129. The monoisotopic (exact) mass is 245 g/mol. The first-order valence-corrected chi connectivity index (χ1v) is 6.78. The molecule has 1 aromatic carbocycles. The van der Waals surface area contributed by atoms with E-state index in [4.69, 9.17) is 0 Å². The molecule has 0 spiro atoms. The Morgan fingerprint density at radius 2 is 2.06 bits per heavy atom. The molecular formula is C15H19NO2. The van der Waals surface area contributed by atoms with Crippen molar-refractivity contribution in [3.8, 4) is 0 Å². The molecule has 1 saturated carbocycles. The molecule has 3 heteroatoms. The van der Waals surface area contributed by atoms with E-state index in [9.17, 15) is 9.90 Å². The van der Waals surface area contributed by atoms with Gasteiger partial charge in [-0.05, 0) is 24.3 Å². The van der Waals surface area contributed by atoms with Crippen LogP contribution in [0.2, 0.25) is 0 Å². The molecule has 0 bridgehead atoms. The van der Waals surface area contributed by atoms with E-state index < -0.39 is 0 Å². The summed E-state index contributed by atoms with van der Waals surface area (Å²) in [5, 5.41) is 9.68. The van der Waals surface area contributed by atoms with Crippen molar-refractivity contribution in [2.75, 3.05) is 6.61 Å². The first-order valence-electron chi connectivity index (χ1n) is 6.78. The summed E-state index contributed by atoms with van der Waals surface area (Å²) in [6, 6.07) is 10.1. The summed E-state index contributed by atoms with van der Waals surface area (Å²) in [7, 11) is 0. The van der Waals surface area contributed by atoms with Gasteiger partial charge in [-0.15, -0.1) is 0 Å². The normalized spacial score (nSPS) is 28.5. The molecule has 2 fully saturated rings. The average Bonchev–Trinajstić information content (AvgIpc) is 2.94. The Bertz CT molecular complexity index is 431. The Balaban J connectivity index is 1.89. The predicted octanol–water partition coefficient (Wildman–Crippen LogP) is 2.12. The van der Waals surface area contributed by atoms with Crippen LogP contribution in [0.4, 0.5) is 0 Å². The first-order chi connectivity index (χ1) is 8.81. The molecule has 1 amide bonds. The van der Waals surface area contributed by atoms with Crippen LogP contribution in [0.15, 0.2) is 30.3 Å². The highest BCUT2D eigenvalue weighted by Crippen LogP contribution is 2.42. The van der Waals surface area contributed by atoms with Crippen molar-refractivity contribution in [2.24, 2.45) is 5.92 Å². The second-order valence-electron chi connectivity index (χ2n) is 5.37. The van der Waals surface area contributed by atoms with Gasteiger partial charge in [-0.2, -0.15) is 0 Å². The second-order valence-corrected chi connectivity index (χ2v) is 5.37. The topological polar surface area (TPSA) is 40.5 Å². The zero-order valence-corrected chi connectivity index (χ0v) is 10.5. The number of aliphatic hydroxyl groups excluding tert-OH is 1. The molecule has 96 valence electrons. The molecule has 1 saturated heterocycles. The van der Waals surface area contributed by atoms with Gasteiger partial charge in [-0.3, -0.25) is 4.79 Å². The van der Waals surface area contributed by atoms with Gasteiger partial charge in [0.2, 0.25) is 5.91 Å². The molecule has 2 aliphatic rings. The van der Waals surface area contributed by atoms with E-state index >= 15 is 0 Å². The van der Waals surface area contributed by atoms with Gasteiger partial charge < -0.3 is 10.0 Å². The third-order valence-corrected chi connectivity index (χ3v) is 4.39. The molecule has 3 nitrogen and oxygen atoms in total. The van der Waals surface area contributed by atoms with Gasteiger partial charge in [0, 0.05) is 12.5 Å². The smallest absolute Gasteiger partial charge is 0.223 e. The number of amides is 1. The standard InChI is InChI=1S/C15H19NO2/c17-10-14(11-5-2-1-3-6-11)16-13-8-4-7-12(13)9-15(16)18/h1-3,5-6,12-14,17H,4,7-10H2. The van der Waals surface area contributed by atoms with Crippen LogP contribution < -0.4 is 0 Å². The summed E-state index contributed by atoms with van der Waals surface area (Å²) in [5.74, 6) is 0.739. The van der Waals surface area contributed by atoms with Gasteiger partial charge in [0.1, 0.15) is 0 Å². The van der Waals surface area contributed by atoms with Gasteiger partial charge in [-0.25, -0.2) is 0 Å². The van der Waals surface area contributed by atoms with Crippen LogP contribution in [-0.4, -0.2) is 28.6 Å². The SMILES string of the molecule is O=C1CC2CCCC2N1C(CO)c1ccccc1. The number of benzene rings is 1. The number of aliphatic hydroxyl groups is 1. The van der Waals surface area contributed by atoms with Crippen LogP contribution in [0.3, 0.4) is 0 Å². The third-order valence-electron chi connectivity index (χ3n) is 4.39. The second kappa shape index (κ2) is 4.73. The number of carbonyl (C=O) groups is 1. The van der Waals surface area contributed by atoms with E-state index in [-0.39, 0.29) is 18.6 Å². The lowest BCUT2D eigenvalue weighted by Gasteiger charge is -2.32. The van der Waals surface area contributed by atoms with Crippen LogP contribution in [-0.2, 0) is 4.79 Å². The molecule has 3 atom stereocenters. The molecule has 1 aromatic rings. The number of fused-ring (bicyclic) bond motifs is 1. The fourth-order valence-corrected chi connectivity index (χ4v) is 3.57. The minimum Gasteiger partial charge on any atom is -0.394 e. The summed E-state index contributed by atoms with van der Waals surface area (Å²) in [5.41, 5.74) is 1.04. The van der Waals surface area contributed by atoms with E-state index in [1.807, 2.05) is 35.2 Å². The molecule has 0 aromatic heterocycles. The van der Waals surface area contributed by atoms with Crippen LogP contribution in [0.1, 0.15) is 37.3 Å². The fourth-order valence-electron chi connectivity index (χ4n) is 3.57. The van der Waals surface area contributed by atoms with Gasteiger partial charge in [0.15, 0.2) is 0 Å². The van der Waals surface area contributed by atoms with E-state index in [1.54, 1.807) is 0 Å². The summed E-state index contributed by atoms with van der Waals surface area (Å²) < 4.78 is 0. The zero-order valence-electron chi connectivity index (χ0n) is 10.5. The Hall–Kier alpha value is -1.35. The van der Waals surface area contributed by atoms with E-state index in [0.29, 0.717) is 18.4 Å². The van der Waals surface area contributed by atoms with Crippen LogP contribution >= 0.6 is 0 Å². The predicted molar refractivity (Wildman–Crippen MR) is 68.9 cm³/mol. The molecular weight excluding hydrogens is 226 g/mol. The van der Waals surface area contributed by atoms with Gasteiger partial charge in [-0.1, -0.05) is 36.8 Å². The van der Waals surface area contributed by atoms with Crippen molar-refractivity contribution in [2.45, 2.75) is 37.8 Å². The quantitative estimate of drug-likeness (QED) is 0.886. The zero-order chi connectivity index (χ0) is 12.5. The number of hydrogen-bond acceptors (Lipinski definition) is 2. The number of likely N-dealkylation sites (tertiary alicyclic amines) is 1. The lowest BCUT2D eigenvalue weighted by atomic mass is 10.0. The minimum atomic E-state index is -0.160. The lowest BCUT2D eigenvalue weighted by Crippen LogP contribution is -2.38. The number of rotatable bonds is 3. The van der Waals surface area contributed by atoms with Crippen LogP contribution in [0.25, 0.3) is 0 Å². The Kier molecular flexibility index (Phi) is 3.08. The van der Waals surface area contributed by atoms with Crippen molar-refractivity contribution >= 4 is 5.91 Å². The Labute approximate surface area is 107 Å². The average molecular weight is 245 g/mol. The van der Waals surface area contributed by atoms with Crippen LogP contribution in [0.5, 0.6) is 0 Å². The van der Waals surface area contributed by atoms with Crippen LogP contribution in [0, 0.1) is 5.92 Å². The van der Waals surface area contributed by atoms with Crippen molar-refractivity contribution in [3.63, 3.8) is 0 Å². The Morgan fingerprint density at radius 3 is 2.78 bits per heavy atom. The van der Waals surface area contributed by atoms with Crippen molar-refractivity contribution in [3.05, 3.63) is 35.9 Å². The molecule has 3 unspecified atom stereocenters. The largest absolute Gasteiger partial charge is 0.394 e. The van der Waals surface area contributed by atoms with Gasteiger partial charge in [0.05, 0.1) is 12.6 Å². The summed E-state index contributed by atoms with van der Waals surface area (Å²) >= 11 is 0. The van der Waals surface area contributed by atoms with Gasteiger partial charge in [0.25, 0.3) is 0 Å². The van der Waals surface area contributed by atoms with E-state index in [2.05, 4.69) is 0 Å². The van der Waals surface area contributed by atoms with Crippen molar-refractivity contribution in [1.29, 1.82) is 0 Å². The molecule has 1 heterocycles. The molecule has 0 radical (unpaired) electrons. The highest BCUT2D eigenvalue weighted by atomic mass is 16.3. The maximum atomic E-state index is 12.2. The fraction of sp³-hybridized carbons (Fsp3) is 0.533. The maximum absolute atomic E-state index is 12.2. The molecule has 1 aliphatic carbocycles. The number of nitrogens with zero attached hydrogens (tertiary/aromatic N) is 1.